The van der Waals surface area contributed by atoms with Gasteiger partial charge in [-0.05, 0) is 46.1 Å². The Bertz CT molecular complexity index is 586. The first-order valence-electron chi connectivity index (χ1n) is 9.66. The van der Waals surface area contributed by atoms with Crippen LogP contribution in [0.25, 0.3) is 0 Å². The highest BCUT2D eigenvalue weighted by Gasteiger charge is 2.41. The molecule has 1 N–H and O–H groups in total. The minimum atomic E-state index is 0.154. The smallest absolute Gasteiger partial charge is 0.222 e. The number of amides is 1. The van der Waals surface area contributed by atoms with Crippen molar-refractivity contribution in [1.82, 2.24) is 19.4 Å². The molecule has 0 aromatic carbocycles. The largest absolute Gasteiger partial charge is 0.396 e. The Morgan fingerprint density at radius 1 is 1.32 bits per heavy atom. The number of aromatic nitrogens is 2. The van der Waals surface area contributed by atoms with Crippen LogP contribution in [0.15, 0.2) is 12.4 Å². The average Bonchev–Trinajstić information content (AvgIpc) is 3.04. The van der Waals surface area contributed by atoms with Gasteiger partial charge in [0.1, 0.15) is 5.82 Å². The minimum absolute atomic E-state index is 0.154. The van der Waals surface area contributed by atoms with Crippen molar-refractivity contribution < 1.29 is 9.90 Å². The Labute approximate surface area is 150 Å². The van der Waals surface area contributed by atoms with Crippen LogP contribution < -0.4 is 0 Å². The van der Waals surface area contributed by atoms with Gasteiger partial charge in [0.15, 0.2) is 0 Å². The van der Waals surface area contributed by atoms with Crippen molar-refractivity contribution >= 4 is 5.91 Å². The number of nitrogens with zero attached hydrogens (tertiary/aromatic N) is 4. The number of carbonyl (C=O) groups is 1. The summed E-state index contributed by atoms with van der Waals surface area (Å²) in [5.41, 5.74) is 0.219. The first-order chi connectivity index (χ1) is 12.0. The molecular formula is C19H32N4O2. The monoisotopic (exact) mass is 348 g/mol. The van der Waals surface area contributed by atoms with Gasteiger partial charge in [0.25, 0.3) is 0 Å². The van der Waals surface area contributed by atoms with Crippen LogP contribution in [0.1, 0.15) is 57.8 Å². The molecule has 1 spiro atoms. The molecule has 6 nitrogen and oxygen atoms in total. The van der Waals surface area contributed by atoms with E-state index in [0.29, 0.717) is 25.4 Å². The Hall–Kier alpha value is -1.40. The van der Waals surface area contributed by atoms with E-state index in [9.17, 15) is 4.79 Å². The molecule has 0 saturated carbocycles. The van der Waals surface area contributed by atoms with Crippen LogP contribution >= 0.6 is 0 Å². The summed E-state index contributed by atoms with van der Waals surface area (Å²) in [7, 11) is 0. The van der Waals surface area contributed by atoms with E-state index in [1.54, 1.807) is 0 Å². The van der Waals surface area contributed by atoms with E-state index < -0.39 is 0 Å². The first kappa shape index (κ1) is 18.4. The van der Waals surface area contributed by atoms with Gasteiger partial charge in [-0.2, -0.15) is 0 Å². The van der Waals surface area contributed by atoms with Crippen LogP contribution in [0, 0.1) is 5.41 Å². The van der Waals surface area contributed by atoms with Crippen molar-refractivity contribution in [3.05, 3.63) is 18.2 Å². The van der Waals surface area contributed by atoms with Gasteiger partial charge in [0.05, 0.1) is 6.54 Å². The van der Waals surface area contributed by atoms with E-state index in [4.69, 9.17) is 5.11 Å². The first-order valence-corrected chi connectivity index (χ1v) is 9.66. The lowest BCUT2D eigenvalue weighted by molar-refractivity contribution is -0.139. The fourth-order valence-electron chi connectivity index (χ4n) is 4.48. The van der Waals surface area contributed by atoms with Crippen molar-refractivity contribution in [2.24, 2.45) is 5.41 Å². The highest BCUT2D eigenvalue weighted by Crippen LogP contribution is 2.39. The Morgan fingerprint density at radius 3 is 2.92 bits per heavy atom. The summed E-state index contributed by atoms with van der Waals surface area (Å²) < 4.78 is 2.25. The summed E-state index contributed by atoms with van der Waals surface area (Å²) in [4.78, 5) is 21.3. The van der Waals surface area contributed by atoms with Crippen LogP contribution in [-0.2, 0) is 11.3 Å². The fraction of sp³-hybridized carbons (Fsp3) is 0.789. The molecule has 0 unspecified atom stereocenters. The van der Waals surface area contributed by atoms with Crippen molar-refractivity contribution in [1.29, 1.82) is 0 Å². The van der Waals surface area contributed by atoms with Crippen molar-refractivity contribution in [2.45, 2.75) is 58.5 Å². The number of carbonyl (C=O) groups excluding carboxylic acids is 1. The zero-order chi connectivity index (χ0) is 17.9. The molecule has 1 atom stereocenters. The molecule has 6 heteroatoms. The highest BCUT2D eigenvalue weighted by molar-refractivity contribution is 5.77. The summed E-state index contributed by atoms with van der Waals surface area (Å²) in [5.74, 6) is 1.39. The van der Waals surface area contributed by atoms with Gasteiger partial charge in [-0.3, -0.25) is 9.69 Å². The summed E-state index contributed by atoms with van der Waals surface area (Å²) in [6.45, 7) is 9.11. The van der Waals surface area contributed by atoms with Crippen LogP contribution in [0.5, 0.6) is 0 Å². The van der Waals surface area contributed by atoms with Crippen molar-refractivity contribution in [2.75, 3.05) is 32.8 Å². The van der Waals surface area contributed by atoms with Crippen LogP contribution in [-0.4, -0.2) is 63.2 Å². The molecule has 0 radical (unpaired) electrons. The second kappa shape index (κ2) is 7.87. The maximum absolute atomic E-state index is 12.2. The van der Waals surface area contributed by atoms with E-state index in [1.165, 1.54) is 12.8 Å². The lowest BCUT2D eigenvalue weighted by Gasteiger charge is -2.48. The topological polar surface area (TPSA) is 61.6 Å². The molecule has 0 bridgehead atoms. The van der Waals surface area contributed by atoms with Crippen LogP contribution in [0.4, 0.5) is 0 Å². The zero-order valence-electron chi connectivity index (χ0n) is 15.7. The Morgan fingerprint density at radius 2 is 2.16 bits per heavy atom. The molecule has 2 aliphatic heterocycles. The molecule has 0 aliphatic carbocycles. The number of likely N-dealkylation sites (tertiary alicyclic amines) is 2. The number of rotatable bonds is 6. The third kappa shape index (κ3) is 4.23. The van der Waals surface area contributed by atoms with Crippen LogP contribution in [0.2, 0.25) is 0 Å². The lowest BCUT2D eigenvalue weighted by Crippen LogP contribution is -2.54. The van der Waals surface area contributed by atoms with Crippen LogP contribution in [0.3, 0.4) is 0 Å². The second-order valence-electron chi connectivity index (χ2n) is 8.05. The van der Waals surface area contributed by atoms with Gasteiger partial charge < -0.3 is 14.6 Å². The number of piperidine rings is 2. The highest BCUT2D eigenvalue weighted by atomic mass is 16.3. The molecule has 140 valence electrons. The molecule has 3 heterocycles. The van der Waals surface area contributed by atoms with E-state index >= 15 is 0 Å². The third-order valence-corrected chi connectivity index (χ3v) is 5.75. The summed E-state index contributed by atoms with van der Waals surface area (Å²) in [6, 6.07) is 0.428. The maximum Gasteiger partial charge on any atom is 0.222 e. The normalized spacial score (nSPS) is 25.3. The fourth-order valence-corrected chi connectivity index (χ4v) is 4.48. The van der Waals surface area contributed by atoms with Gasteiger partial charge >= 0.3 is 0 Å². The average molecular weight is 348 g/mol. The molecule has 1 aromatic heterocycles. The zero-order valence-corrected chi connectivity index (χ0v) is 15.7. The number of aliphatic hydroxyl groups is 1. The maximum atomic E-state index is 12.2. The lowest BCUT2D eigenvalue weighted by atomic mass is 9.73. The quantitative estimate of drug-likeness (QED) is 0.855. The molecule has 25 heavy (non-hydrogen) atoms. The third-order valence-electron chi connectivity index (χ3n) is 5.75. The van der Waals surface area contributed by atoms with E-state index in [0.717, 1.165) is 38.4 Å². The molecule has 2 aliphatic rings. The van der Waals surface area contributed by atoms with E-state index in [-0.39, 0.29) is 17.9 Å². The molecular weight excluding hydrogens is 316 g/mol. The van der Waals surface area contributed by atoms with Gasteiger partial charge in [0.2, 0.25) is 5.91 Å². The Kier molecular flexibility index (Phi) is 5.79. The predicted octanol–water partition coefficient (Wildman–Crippen LogP) is 2.05. The Balaban J connectivity index is 1.65. The number of hydrogen-bond donors (Lipinski definition) is 1. The second-order valence-corrected chi connectivity index (χ2v) is 8.05. The number of aliphatic hydroxyl groups excluding tert-OH is 1. The standard InChI is InChI=1S/C19H32N4O2/c1-16(2)23-11-8-20-17(23)13-21-9-3-6-19(14-21)7-5-18(25)22(15-19)10-4-12-24/h8,11,16,24H,3-7,9-10,12-15H2,1-2H3/t19-/m0/s1. The summed E-state index contributed by atoms with van der Waals surface area (Å²) in [5, 5.41) is 9.09. The van der Waals surface area contributed by atoms with Gasteiger partial charge in [-0.25, -0.2) is 4.98 Å². The number of hydrogen-bond acceptors (Lipinski definition) is 4. The predicted molar refractivity (Wildman–Crippen MR) is 97.1 cm³/mol. The van der Waals surface area contributed by atoms with Gasteiger partial charge in [-0.15, -0.1) is 0 Å². The molecule has 1 aromatic rings. The molecule has 1 amide bonds. The van der Waals surface area contributed by atoms with Gasteiger partial charge in [-0.1, -0.05) is 0 Å². The number of imidazole rings is 1. The van der Waals surface area contributed by atoms with Crippen molar-refractivity contribution in [3.8, 4) is 0 Å². The summed E-state index contributed by atoms with van der Waals surface area (Å²) in [6.07, 6.45) is 8.67. The molecule has 2 saturated heterocycles. The summed E-state index contributed by atoms with van der Waals surface area (Å²) >= 11 is 0. The van der Waals surface area contributed by atoms with Gasteiger partial charge in [0, 0.05) is 56.5 Å². The van der Waals surface area contributed by atoms with E-state index in [2.05, 4.69) is 34.5 Å². The van der Waals surface area contributed by atoms with Crippen molar-refractivity contribution in [3.63, 3.8) is 0 Å². The SMILES string of the molecule is CC(C)n1ccnc1CN1CCC[C@]2(CCC(=O)N(CCCO)C2)C1. The minimum Gasteiger partial charge on any atom is -0.396 e. The van der Waals surface area contributed by atoms with E-state index in [1.807, 2.05) is 11.1 Å². The molecule has 2 fully saturated rings. The molecule has 3 rings (SSSR count).